The molecular formula is C17H23N5O2S. The lowest BCUT2D eigenvalue weighted by Gasteiger charge is -2.15. The molecule has 0 saturated heterocycles. The predicted octanol–water partition coefficient (Wildman–Crippen LogP) is 2.45. The summed E-state index contributed by atoms with van der Waals surface area (Å²) in [5.41, 5.74) is 2.95. The molecule has 3 rings (SSSR count). The molecule has 2 heterocycles. The Morgan fingerprint density at radius 1 is 1.28 bits per heavy atom. The number of aryl methyl sites for hydroxylation is 1. The molecule has 3 aromatic rings. The second kappa shape index (κ2) is 6.97. The van der Waals surface area contributed by atoms with Crippen molar-refractivity contribution in [3.8, 4) is 5.75 Å². The predicted molar refractivity (Wildman–Crippen MR) is 97.7 cm³/mol. The monoisotopic (exact) mass is 361 g/mol. The van der Waals surface area contributed by atoms with Crippen LogP contribution in [0, 0.1) is 6.92 Å². The molecule has 0 saturated carbocycles. The van der Waals surface area contributed by atoms with Crippen LogP contribution in [0.3, 0.4) is 0 Å². The molecule has 134 valence electrons. The van der Waals surface area contributed by atoms with Crippen LogP contribution < -0.4 is 8.91 Å². The summed E-state index contributed by atoms with van der Waals surface area (Å²) in [6.45, 7) is 8.83. The van der Waals surface area contributed by atoms with Crippen LogP contribution in [0.1, 0.15) is 37.9 Å². The van der Waals surface area contributed by atoms with Crippen LogP contribution in [-0.4, -0.2) is 30.6 Å². The standard InChI is InChI=1S/C17H23N5O2S/c1-12-6-5-7-13(10-12)24-25(23)18-9-8-15-19-20-16-11-14(17(2,3)4)21-22(15)16/h5-7,10-11,18,21H,8-9H2,1-4H3. The number of aromatic amines is 1. The average Bonchev–Trinajstić information content (AvgIpc) is 3.08. The lowest BCUT2D eigenvalue weighted by Crippen LogP contribution is -2.24. The molecule has 2 aromatic heterocycles. The Kier molecular flexibility index (Phi) is 4.91. The van der Waals surface area contributed by atoms with Crippen LogP contribution in [-0.2, 0) is 23.1 Å². The highest BCUT2D eigenvalue weighted by Gasteiger charge is 2.18. The lowest BCUT2D eigenvalue weighted by molar-refractivity contribution is 0.546. The van der Waals surface area contributed by atoms with E-state index in [4.69, 9.17) is 4.18 Å². The van der Waals surface area contributed by atoms with Crippen LogP contribution >= 0.6 is 0 Å². The Bertz CT molecular complexity index is 894. The number of benzene rings is 1. The molecule has 2 N–H and O–H groups in total. The maximum Gasteiger partial charge on any atom is 0.288 e. The molecule has 1 atom stereocenters. The van der Waals surface area contributed by atoms with Crippen LogP contribution in [0.2, 0.25) is 0 Å². The van der Waals surface area contributed by atoms with Crippen molar-refractivity contribution in [2.24, 2.45) is 0 Å². The van der Waals surface area contributed by atoms with Crippen molar-refractivity contribution in [2.45, 2.75) is 39.5 Å². The fraction of sp³-hybridized carbons (Fsp3) is 0.412. The van der Waals surface area contributed by atoms with Crippen LogP contribution in [0.5, 0.6) is 5.75 Å². The van der Waals surface area contributed by atoms with E-state index in [9.17, 15) is 4.21 Å². The van der Waals surface area contributed by atoms with E-state index in [1.165, 1.54) is 0 Å². The molecule has 0 spiro atoms. The summed E-state index contributed by atoms with van der Waals surface area (Å²) < 4.78 is 22.1. The number of hydrogen-bond acceptors (Lipinski definition) is 4. The number of H-pyrrole nitrogens is 1. The number of fused-ring (bicyclic) bond motifs is 1. The molecule has 0 aliphatic rings. The minimum Gasteiger partial charge on any atom is -0.389 e. The Balaban J connectivity index is 1.57. The SMILES string of the molecule is Cc1cccc(OS(=O)NCCc2nnc3cc(C(C)(C)C)[nH]n23)c1. The minimum absolute atomic E-state index is 0.0133. The van der Waals surface area contributed by atoms with Gasteiger partial charge in [0.15, 0.2) is 11.5 Å². The molecule has 1 aromatic carbocycles. The van der Waals surface area contributed by atoms with Crippen LogP contribution in [0.4, 0.5) is 0 Å². The highest BCUT2D eigenvalue weighted by Crippen LogP contribution is 2.21. The normalized spacial score (nSPS) is 13.3. The fourth-order valence-electron chi connectivity index (χ4n) is 2.40. The highest BCUT2D eigenvalue weighted by molar-refractivity contribution is 7.78. The van der Waals surface area contributed by atoms with Crippen molar-refractivity contribution >= 4 is 16.9 Å². The van der Waals surface area contributed by atoms with Gasteiger partial charge >= 0.3 is 0 Å². The first-order valence-electron chi connectivity index (χ1n) is 8.17. The number of nitrogens with one attached hydrogen (secondary N) is 2. The van der Waals surface area contributed by atoms with Crippen LogP contribution in [0.25, 0.3) is 5.65 Å². The van der Waals surface area contributed by atoms with Crippen molar-refractivity contribution in [2.75, 3.05) is 6.54 Å². The third-order valence-electron chi connectivity index (χ3n) is 3.80. The van der Waals surface area contributed by atoms with Crippen molar-refractivity contribution in [3.05, 3.63) is 47.4 Å². The van der Waals surface area contributed by atoms with Gasteiger partial charge in [-0.15, -0.1) is 10.2 Å². The van der Waals surface area contributed by atoms with Gasteiger partial charge in [0.25, 0.3) is 11.3 Å². The summed E-state index contributed by atoms with van der Waals surface area (Å²) in [6.07, 6.45) is 0.578. The smallest absolute Gasteiger partial charge is 0.288 e. The topological polar surface area (TPSA) is 84.3 Å². The Hall–Kier alpha value is -2.19. The minimum atomic E-state index is -1.60. The number of aromatic nitrogens is 4. The molecule has 0 bridgehead atoms. The van der Waals surface area contributed by atoms with Gasteiger partial charge in [-0.2, -0.15) is 4.21 Å². The second-order valence-electron chi connectivity index (χ2n) is 7.01. The molecule has 1 unspecified atom stereocenters. The molecule has 0 radical (unpaired) electrons. The van der Waals surface area contributed by atoms with Crippen molar-refractivity contribution in [3.63, 3.8) is 0 Å². The van der Waals surface area contributed by atoms with Crippen molar-refractivity contribution < 1.29 is 8.39 Å². The molecule has 25 heavy (non-hydrogen) atoms. The Morgan fingerprint density at radius 2 is 2.08 bits per heavy atom. The zero-order valence-electron chi connectivity index (χ0n) is 14.9. The molecule has 0 fully saturated rings. The molecular weight excluding hydrogens is 338 g/mol. The first-order chi connectivity index (χ1) is 11.8. The van der Waals surface area contributed by atoms with E-state index in [2.05, 4.69) is 40.8 Å². The third kappa shape index (κ3) is 4.26. The maximum atomic E-state index is 12.0. The first-order valence-corrected chi connectivity index (χ1v) is 9.24. The van der Waals surface area contributed by atoms with Gasteiger partial charge in [0.1, 0.15) is 5.75 Å². The van der Waals surface area contributed by atoms with Crippen molar-refractivity contribution in [1.82, 2.24) is 24.5 Å². The zero-order chi connectivity index (χ0) is 18.0. The van der Waals surface area contributed by atoms with Gasteiger partial charge < -0.3 is 4.18 Å². The third-order valence-corrected chi connectivity index (χ3v) is 4.58. The maximum absolute atomic E-state index is 12.0. The average molecular weight is 361 g/mol. The van der Waals surface area contributed by atoms with Gasteiger partial charge in [-0.1, -0.05) is 32.9 Å². The summed E-state index contributed by atoms with van der Waals surface area (Å²) in [7, 11) is 0. The van der Waals surface area contributed by atoms with E-state index in [-0.39, 0.29) is 5.41 Å². The van der Waals surface area contributed by atoms with E-state index < -0.39 is 11.3 Å². The number of rotatable bonds is 6. The lowest BCUT2D eigenvalue weighted by atomic mass is 9.93. The Morgan fingerprint density at radius 3 is 2.80 bits per heavy atom. The van der Waals surface area contributed by atoms with Gasteiger partial charge in [0.05, 0.1) is 0 Å². The van der Waals surface area contributed by atoms with E-state index >= 15 is 0 Å². The molecule has 0 amide bonds. The van der Waals surface area contributed by atoms with Gasteiger partial charge in [-0.05, 0) is 24.6 Å². The summed E-state index contributed by atoms with van der Waals surface area (Å²) in [4.78, 5) is 0. The Labute approximate surface area is 149 Å². The zero-order valence-corrected chi connectivity index (χ0v) is 15.7. The van der Waals surface area contributed by atoms with E-state index in [1.54, 1.807) is 6.07 Å². The summed E-state index contributed by atoms with van der Waals surface area (Å²) in [5, 5.41) is 11.7. The van der Waals surface area contributed by atoms with Gasteiger partial charge in [-0.25, -0.2) is 9.24 Å². The quantitative estimate of drug-likeness (QED) is 0.706. The van der Waals surface area contributed by atoms with E-state index in [1.807, 2.05) is 35.7 Å². The fourth-order valence-corrected chi connectivity index (χ4v) is 3.01. The van der Waals surface area contributed by atoms with E-state index in [0.29, 0.717) is 18.7 Å². The summed E-state index contributed by atoms with van der Waals surface area (Å²) in [5.74, 6) is 1.36. The summed E-state index contributed by atoms with van der Waals surface area (Å²) in [6, 6.07) is 9.45. The molecule has 8 heteroatoms. The van der Waals surface area contributed by atoms with Crippen LogP contribution in [0.15, 0.2) is 30.3 Å². The van der Waals surface area contributed by atoms with Crippen molar-refractivity contribution in [1.29, 1.82) is 0 Å². The number of nitrogens with zero attached hydrogens (tertiary/aromatic N) is 3. The number of hydrogen-bond donors (Lipinski definition) is 2. The molecule has 0 aliphatic heterocycles. The van der Waals surface area contributed by atoms with Gasteiger partial charge in [-0.3, -0.25) is 5.10 Å². The van der Waals surface area contributed by atoms with E-state index in [0.717, 1.165) is 22.7 Å². The second-order valence-corrected chi connectivity index (χ2v) is 7.93. The highest BCUT2D eigenvalue weighted by atomic mass is 32.2. The molecule has 0 aliphatic carbocycles. The van der Waals surface area contributed by atoms with Gasteiger partial charge in [0.2, 0.25) is 0 Å². The molecule has 7 nitrogen and oxygen atoms in total. The van der Waals surface area contributed by atoms with Gasteiger partial charge in [0, 0.05) is 30.1 Å². The largest absolute Gasteiger partial charge is 0.389 e. The summed E-state index contributed by atoms with van der Waals surface area (Å²) >= 11 is -1.60. The first kappa shape index (κ1) is 17.6.